The van der Waals surface area contributed by atoms with Crippen LogP contribution in [0.15, 0.2) is 71.6 Å². The van der Waals surface area contributed by atoms with Crippen LogP contribution in [0.5, 0.6) is 0 Å². The standard InChI is InChI=1S/C24H23FN2O4S/c1-15-13-18(10-11-21(15)25)26-24(29)17-6-4-7-19(14-17)32(30,31)27-22-12-9-16-5-2-3-8-20(16)23(22)28/h2-8,10-11,13-14,22-23,27-28H,9,12H2,1H3,(H,26,29)/t22-,23-/m1/s1. The number of aliphatic hydroxyl groups excluding tert-OH is 1. The smallest absolute Gasteiger partial charge is 0.255 e. The Balaban J connectivity index is 1.52. The SMILES string of the molecule is Cc1cc(NC(=O)c2cccc(S(=O)(=O)N[C@@H]3CCc4ccccc4[C@H]3O)c2)ccc1F. The monoisotopic (exact) mass is 454 g/mol. The number of aliphatic hydroxyl groups is 1. The molecule has 0 unspecified atom stereocenters. The highest BCUT2D eigenvalue weighted by molar-refractivity contribution is 7.89. The third kappa shape index (κ3) is 4.57. The highest BCUT2D eigenvalue weighted by Crippen LogP contribution is 2.30. The van der Waals surface area contributed by atoms with Gasteiger partial charge in [-0.2, -0.15) is 0 Å². The summed E-state index contributed by atoms with van der Waals surface area (Å²) < 4.78 is 42.0. The van der Waals surface area contributed by atoms with Crippen LogP contribution in [-0.4, -0.2) is 25.5 Å². The number of nitrogens with one attached hydrogen (secondary N) is 2. The maximum atomic E-state index is 13.4. The van der Waals surface area contributed by atoms with Gasteiger partial charge in [0, 0.05) is 11.3 Å². The van der Waals surface area contributed by atoms with Crippen LogP contribution in [-0.2, 0) is 16.4 Å². The van der Waals surface area contributed by atoms with Gasteiger partial charge in [0.15, 0.2) is 0 Å². The highest BCUT2D eigenvalue weighted by Gasteiger charge is 2.31. The molecule has 4 rings (SSSR count). The molecule has 8 heteroatoms. The summed E-state index contributed by atoms with van der Waals surface area (Å²) >= 11 is 0. The van der Waals surface area contributed by atoms with Crippen LogP contribution in [0.4, 0.5) is 10.1 Å². The molecule has 0 radical (unpaired) electrons. The molecule has 166 valence electrons. The fraction of sp³-hybridized carbons (Fsp3) is 0.208. The van der Waals surface area contributed by atoms with E-state index in [0.717, 1.165) is 5.56 Å². The number of amides is 1. The van der Waals surface area contributed by atoms with Crippen LogP contribution in [0.2, 0.25) is 0 Å². The molecule has 0 bridgehead atoms. The number of anilines is 1. The lowest BCUT2D eigenvalue weighted by molar-refractivity contribution is 0.102. The van der Waals surface area contributed by atoms with Crippen molar-refractivity contribution >= 4 is 21.6 Å². The van der Waals surface area contributed by atoms with Crippen molar-refractivity contribution in [2.24, 2.45) is 0 Å². The molecular formula is C24H23FN2O4S. The normalized spacial score (nSPS) is 18.1. The Morgan fingerprint density at radius 1 is 1.06 bits per heavy atom. The minimum Gasteiger partial charge on any atom is -0.387 e. The van der Waals surface area contributed by atoms with Crippen molar-refractivity contribution in [2.45, 2.75) is 36.8 Å². The third-order valence-corrected chi connectivity index (χ3v) is 7.10. The molecular weight excluding hydrogens is 431 g/mol. The van der Waals surface area contributed by atoms with Crippen molar-refractivity contribution in [3.8, 4) is 0 Å². The summed E-state index contributed by atoms with van der Waals surface area (Å²) in [6.07, 6.45) is 0.157. The zero-order chi connectivity index (χ0) is 22.9. The molecule has 1 aliphatic rings. The Hall–Kier alpha value is -3.07. The van der Waals surface area contributed by atoms with Gasteiger partial charge in [-0.15, -0.1) is 0 Å². The molecule has 0 saturated carbocycles. The maximum absolute atomic E-state index is 13.4. The summed E-state index contributed by atoms with van der Waals surface area (Å²) in [5.74, 6) is -0.894. The van der Waals surface area contributed by atoms with Gasteiger partial charge < -0.3 is 10.4 Å². The summed E-state index contributed by atoms with van der Waals surface area (Å²) in [6, 6.07) is 16.6. The Morgan fingerprint density at radius 2 is 1.84 bits per heavy atom. The summed E-state index contributed by atoms with van der Waals surface area (Å²) in [4.78, 5) is 12.5. The number of aryl methyl sites for hydroxylation is 2. The Labute approximate surface area is 186 Å². The van der Waals surface area contributed by atoms with Crippen molar-refractivity contribution in [3.05, 3.63) is 94.8 Å². The molecule has 0 fully saturated rings. The Kier molecular flexibility index (Phi) is 6.10. The Bertz CT molecular complexity index is 1280. The quantitative estimate of drug-likeness (QED) is 0.548. The molecule has 2 atom stereocenters. The van der Waals surface area contributed by atoms with Crippen LogP contribution >= 0.6 is 0 Å². The first-order valence-corrected chi connectivity index (χ1v) is 11.7. The molecule has 3 N–H and O–H groups in total. The fourth-order valence-electron chi connectivity index (χ4n) is 3.86. The van der Waals surface area contributed by atoms with E-state index in [4.69, 9.17) is 0 Å². The lowest BCUT2D eigenvalue weighted by atomic mass is 9.86. The minimum absolute atomic E-state index is 0.0773. The number of halogens is 1. The number of sulfonamides is 1. The van der Waals surface area contributed by atoms with E-state index in [-0.39, 0.29) is 16.3 Å². The predicted molar refractivity (Wildman–Crippen MR) is 119 cm³/mol. The number of carbonyl (C=O) groups is 1. The van der Waals surface area contributed by atoms with Crippen LogP contribution in [0.1, 0.15) is 39.6 Å². The van der Waals surface area contributed by atoms with Gasteiger partial charge in [0.05, 0.1) is 17.0 Å². The van der Waals surface area contributed by atoms with E-state index < -0.39 is 28.1 Å². The van der Waals surface area contributed by atoms with E-state index in [1.165, 1.54) is 42.5 Å². The van der Waals surface area contributed by atoms with E-state index >= 15 is 0 Å². The molecule has 1 aliphatic carbocycles. The zero-order valence-corrected chi connectivity index (χ0v) is 18.2. The first-order valence-electron chi connectivity index (χ1n) is 10.2. The summed E-state index contributed by atoms with van der Waals surface area (Å²) in [7, 11) is -3.98. The van der Waals surface area contributed by atoms with Crippen molar-refractivity contribution in [3.63, 3.8) is 0 Å². The van der Waals surface area contributed by atoms with Crippen LogP contribution < -0.4 is 10.0 Å². The summed E-state index contributed by atoms with van der Waals surface area (Å²) in [5.41, 5.74) is 2.66. The minimum atomic E-state index is -3.98. The average Bonchev–Trinajstić information content (AvgIpc) is 2.78. The molecule has 32 heavy (non-hydrogen) atoms. The number of carbonyl (C=O) groups excluding carboxylic acids is 1. The second-order valence-electron chi connectivity index (χ2n) is 7.86. The van der Waals surface area contributed by atoms with E-state index in [1.54, 1.807) is 13.0 Å². The average molecular weight is 455 g/mol. The molecule has 0 saturated heterocycles. The van der Waals surface area contributed by atoms with Gasteiger partial charge in [0.2, 0.25) is 10.0 Å². The predicted octanol–water partition coefficient (Wildman–Crippen LogP) is 3.71. The topological polar surface area (TPSA) is 95.5 Å². The lowest BCUT2D eigenvalue weighted by Gasteiger charge is -2.30. The van der Waals surface area contributed by atoms with Crippen molar-refractivity contribution in [2.75, 3.05) is 5.32 Å². The molecule has 0 aromatic heterocycles. The van der Waals surface area contributed by atoms with E-state index in [9.17, 15) is 22.7 Å². The molecule has 0 heterocycles. The molecule has 0 spiro atoms. The van der Waals surface area contributed by atoms with Crippen LogP contribution in [0, 0.1) is 12.7 Å². The number of hydrogen-bond acceptors (Lipinski definition) is 4. The molecule has 3 aromatic carbocycles. The second-order valence-corrected chi connectivity index (χ2v) is 9.57. The highest BCUT2D eigenvalue weighted by atomic mass is 32.2. The largest absolute Gasteiger partial charge is 0.387 e. The zero-order valence-electron chi connectivity index (χ0n) is 17.4. The molecule has 0 aliphatic heterocycles. The second kappa shape index (κ2) is 8.82. The molecule has 3 aromatic rings. The first kappa shape index (κ1) is 22.1. The van der Waals surface area contributed by atoms with Gasteiger partial charge in [-0.3, -0.25) is 4.79 Å². The first-order chi connectivity index (χ1) is 15.2. The van der Waals surface area contributed by atoms with Gasteiger partial charge in [-0.25, -0.2) is 17.5 Å². The van der Waals surface area contributed by atoms with Crippen molar-refractivity contribution in [1.82, 2.24) is 4.72 Å². The number of rotatable bonds is 5. The number of hydrogen-bond donors (Lipinski definition) is 3. The summed E-state index contributed by atoms with van der Waals surface area (Å²) in [6.45, 7) is 1.59. The Morgan fingerprint density at radius 3 is 2.62 bits per heavy atom. The van der Waals surface area contributed by atoms with Gasteiger partial charge in [0.1, 0.15) is 5.82 Å². The van der Waals surface area contributed by atoms with Crippen molar-refractivity contribution in [1.29, 1.82) is 0 Å². The van der Waals surface area contributed by atoms with Crippen LogP contribution in [0.25, 0.3) is 0 Å². The fourth-order valence-corrected chi connectivity index (χ4v) is 5.18. The van der Waals surface area contributed by atoms with Gasteiger partial charge >= 0.3 is 0 Å². The van der Waals surface area contributed by atoms with Gasteiger partial charge in [-0.05, 0) is 72.9 Å². The van der Waals surface area contributed by atoms with Gasteiger partial charge in [0.25, 0.3) is 5.91 Å². The van der Waals surface area contributed by atoms with E-state index in [2.05, 4.69) is 10.0 Å². The van der Waals surface area contributed by atoms with E-state index in [0.29, 0.717) is 29.7 Å². The van der Waals surface area contributed by atoms with Crippen LogP contribution in [0.3, 0.4) is 0 Å². The van der Waals surface area contributed by atoms with Crippen molar-refractivity contribution < 1.29 is 22.7 Å². The number of fused-ring (bicyclic) bond motifs is 1. The van der Waals surface area contributed by atoms with Gasteiger partial charge in [-0.1, -0.05) is 30.3 Å². The molecule has 1 amide bonds. The molecule has 6 nitrogen and oxygen atoms in total. The summed E-state index contributed by atoms with van der Waals surface area (Å²) in [5, 5.41) is 13.3. The van der Waals surface area contributed by atoms with E-state index in [1.807, 2.05) is 18.2 Å². The lowest BCUT2D eigenvalue weighted by Crippen LogP contribution is -2.41. The third-order valence-electron chi connectivity index (χ3n) is 5.61. The maximum Gasteiger partial charge on any atom is 0.255 e. The number of benzene rings is 3.